The van der Waals surface area contributed by atoms with Gasteiger partial charge >= 0.3 is 0 Å². The van der Waals surface area contributed by atoms with E-state index in [0.717, 1.165) is 0 Å². The van der Waals surface area contributed by atoms with Gasteiger partial charge in [0.1, 0.15) is 0 Å². The number of thiophene rings is 1. The molecule has 0 amide bonds. The van der Waals surface area contributed by atoms with Gasteiger partial charge in [-0.15, -0.1) is 11.3 Å². The summed E-state index contributed by atoms with van der Waals surface area (Å²) in [6.45, 7) is 9.54. The number of aromatic nitrogens is 2. The SMILES string of the molecule is CC1(C)c2ccccc2-c2ccc(-n3c4ccccc4c4cc(-c5ccc6c7ccccc7n(-c7ccc8c(c7)C(C)(C)c7ccc9c(sc%10ccccc%109)c7-8)c6c5)ccc43)cc21. The molecule has 0 saturated carbocycles. The third kappa shape index (κ3) is 4.62. The van der Waals surface area contributed by atoms with Crippen LogP contribution in [0.15, 0.2) is 182 Å². The van der Waals surface area contributed by atoms with Gasteiger partial charge in [0.15, 0.2) is 0 Å². The average Bonchev–Trinajstić information content (AvgIpc) is 4.07. The number of para-hydroxylation sites is 2. The Bertz CT molecular complexity index is 3980. The Morgan fingerprint density at radius 2 is 0.889 bits per heavy atom. The molecule has 3 heteroatoms. The van der Waals surface area contributed by atoms with E-state index in [1.54, 1.807) is 0 Å². The van der Waals surface area contributed by atoms with Gasteiger partial charge in [-0.3, -0.25) is 0 Å². The molecule has 0 N–H and O–H groups in total. The Kier molecular flexibility index (Phi) is 6.88. The van der Waals surface area contributed by atoms with Gasteiger partial charge in [-0.05, 0) is 111 Å². The van der Waals surface area contributed by atoms with E-state index in [9.17, 15) is 0 Å². The van der Waals surface area contributed by atoms with Gasteiger partial charge in [-0.25, -0.2) is 0 Å². The van der Waals surface area contributed by atoms with Crippen molar-refractivity contribution in [3.63, 3.8) is 0 Å². The fourth-order valence-electron chi connectivity index (χ4n) is 11.8. The van der Waals surface area contributed by atoms with Crippen LogP contribution in [0.2, 0.25) is 0 Å². The first-order valence-corrected chi connectivity index (χ1v) is 23.0. The van der Waals surface area contributed by atoms with Crippen molar-refractivity contribution in [2.24, 2.45) is 0 Å². The van der Waals surface area contributed by atoms with Crippen LogP contribution >= 0.6 is 11.3 Å². The molecule has 0 saturated heterocycles. The van der Waals surface area contributed by atoms with Gasteiger partial charge in [0, 0.05) is 69.5 Å². The highest BCUT2D eigenvalue weighted by Crippen LogP contribution is 2.55. The summed E-state index contributed by atoms with van der Waals surface area (Å²) in [6.07, 6.45) is 0. The summed E-state index contributed by atoms with van der Waals surface area (Å²) in [5, 5.41) is 7.78. The molecule has 0 atom stereocenters. The first kappa shape index (κ1) is 35.4. The Morgan fingerprint density at radius 3 is 1.68 bits per heavy atom. The molecule has 9 aromatic carbocycles. The Hall–Kier alpha value is -7.20. The van der Waals surface area contributed by atoms with Gasteiger partial charge in [-0.1, -0.05) is 149 Å². The second-order valence-electron chi connectivity index (χ2n) is 18.9. The zero-order valence-electron chi connectivity index (χ0n) is 35.6. The Labute approximate surface area is 369 Å². The zero-order chi connectivity index (χ0) is 41.9. The minimum atomic E-state index is -0.134. The van der Waals surface area contributed by atoms with E-state index in [1.165, 1.54) is 131 Å². The lowest BCUT2D eigenvalue weighted by Crippen LogP contribution is -2.15. The second kappa shape index (κ2) is 12.2. The van der Waals surface area contributed by atoms with Crippen LogP contribution in [0.3, 0.4) is 0 Å². The highest BCUT2D eigenvalue weighted by Gasteiger charge is 2.38. The van der Waals surface area contributed by atoms with Crippen LogP contribution in [0.1, 0.15) is 49.9 Å². The molecule has 2 aliphatic rings. The lowest BCUT2D eigenvalue weighted by Gasteiger charge is -2.22. The van der Waals surface area contributed by atoms with Crippen LogP contribution in [0.5, 0.6) is 0 Å². The molecule has 0 bridgehead atoms. The number of hydrogen-bond acceptors (Lipinski definition) is 1. The normalized spacial score (nSPS) is 14.6. The van der Waals surface area contributed by atoms with Crippen molar-refractivity contribution in [3.8, 4) is 44.8 Å². The van der Waals surface area contributed by atoms with E-state index >= 15 is 0 Å². The van der Waals surface area contributed by atoms with E-state index in [0.29, 0.717) is 0 Å². The summed E-state index contributed by atoms with van der Waals surface area (Å²) >= 11 is 1.93. The van der Waals surface area contributed by atoms with E-state index < -0.39 is 0 Å². The maximum Gasteiger partial charge on any atom is 0.0547 e. The Morgan fingerprint density at radius 1 is 0.349 bits per heavy atom. The van der Waals surface area contributed by atoms with Crippen molar-refractivity contribution in [1.82, 2.24) is 9.13 Å². The second-order valence-corrected chi connectivity index (χ2v) is 19.9. The summed E-state index contributed by atoms with van der Waals surface area (Å²) < 4.78 is 7.72. The van der Waals surface area contributed by atoms with E-state index in [1.807, 2.05) is 11.3 Å². The highest BCUT2D eigenvalue weighted by atomic mass is 32.1. The van der Waals surface area contributed by atoms with Crippen LogP contribution in [0.4, 0.5) is 0 Å². The number of nitrogens with zero attached hydrogens (tertiary/aromatic N) is 2. The molecule has 0 fully saturated rings. The van der Waals surface area contributed by atoms with Gasteiger partial charge in [0.2, 0.25) is 0 Å². The van der Waals surface area contributed by atoms with Gasteiger partial charge in [0.05, 0.1) is 22.1 Å². The maximum atomic E-state index is 2.50. The standard InChI is InChI=1S/C60H42N2S/c1-59(2)48-17-9-5-13-39(48)40-26-23-37(33-50(40)59)61-53-19-11-7-15-42(53)47-31-35(22-30-54(47)61)36-21-25-43-41-14-6-10-18-52(41)62(55(43)32-36)38-24-27-46-51(34-38)60(3,4)49-29-28-45-44-16-8-12-20-56(44)63-58(45)57(46)49/h5-34H,1-4H3. The van der Waals surface area contributed by atoms with Gasteiger partial charge < -0.3 is 9.13 Å². The molecular formula is C60H42N2S. The molecule has 2 nitrogen and oxygen atoms in total. The highest BCUT2D eigenvalue weighted by molar-refractivity contribution is 7.26. The monoisotopic (exact) mass is 822 g/mol. The molecular weight excluding hydrogens is 781 g/mol. The predicted octanol–water partition coefficient (Wildman–Crippen LogP) is 16.5. The molecule has 0 unspecified atom stereocenters. The molecule has 14 rings (SSSR count). The zero-order valence-corrected chi connectivity index (χ0v) is 36.4. The number of benzene rings is 9. The third-order valence-corrected chi connectivity index (χ3v) is 16.1. The quantitative estimate of drug-likeness (QED) is 0.168. The summed E-state index contributed by atoms with van der Waals surface area (Å²) in [5.41, 5.74) is 20.6. The van der Waals surface area contributed by atoms with E-state index in [4.69, 9.17) is 0 Å². The first-order chi connectivity index (χ1) is 30.8. The molecule has 12 aromatic rings. The molecule has 2 aliphatic carbocycles. The number of hydrogen-bond donors (Lipinski definition) is 0. The summed E-state index contributed by atoms with van der Waals surface area (Å²) in [7, 11) is 0. The Balaban J connectivity index is 0.924. The molecule has 3 heterocycles. The van der Waals surface area contributed by atoms with Crippen molar-refractivity contribution in [2.45, 2.75) is 38.5 Å². The minimum Gasteiger partial charge on any atom is -0.309 e. The molecule has 63 heavy (non-hydrogen) atoms. The molecule has 3 aromatic heterocycles. The lowest BCUT2D eigenvalue weighted by atomic mass is 9.82. The maximum absolute atomic E-state index is 2.50. The summed E-state index contributed by atoms with van der Waals surface area (Å²) in [5.74, 6) is 0. The topological polar surface area (TPSA) is 9.86 Å². The van der Waals surface area contributed by atoms with Crippen LogP contribution in [-0.4, -0.2) is 9.13 Å². The predicted molar refractivity (Wildman–Crippen MR) is 269 cm³/mol. The molecule has 0 spiro atoms. The minimum absolute atomic E-state index is 0.0671. The third-order valence-electron chi connectivity index (χ3n) is 14.9. The van der Waals surface area contributed by atoms with Crippen molar-refractivity contribution in [3.05, 3.63) is 204 Å². The fraction of sp³-hybridized carbons (Fsp3) is 0.100. The van der Waals surface area contributed by atoms with Crippen LogP contribution < -0.4 is 0 Å². The fourth-order valence-corrected chi connectivity index (χ4v) is 13.1. The van der Waals surface area contributed by atoms with Crippen molar-refractivity contribution in [2.75, 3.05) is 0 Å². The van der Waals surface area contributed by atoms with Crippen LogP contribution in [-0.2, 0) is 10.8 Å². The van der Waals surface area contributed by atoms with Crippen molar-refractivity contribution >= 4 is 75.1 Å². The average molecular weight is 823 g/mol. The smallest absolute Gasteiger partial charge is 0.0547 e. The van der Waals surface area contributed by atoms with E-state index in [-0.39, 0.29) is 10.8 Å². The van der Waals surface area contributed by atoms with Crippen molar-refractivity contribution in [1.29, 1.82) is 0 Å². The summed E-state index contributed by atoms with van der Waals surface area (Å²) in [4.78, 5) is 0. The summed E-state index contributed by atoms with van der Waals surface area (Å²) in [6, 6.07) is 68.8. The number of rotatable bonds is 3. The molecule has 298 valence electrons. The molecule has 0 aliphatic heterocycles. The van der Waals surface area contributed by atoms with Crippen molar-refractivity contribution < 1.29 is 0 Å². The first-order valence-electron chi connectivity index (χ1n) is 22.2. The van der Waals surface area contributed by atoms with Gasteiger partial charge in [0.25, 0.3) is 0 Å². The van der Waals surface area contributed by atoms with Gasteiger partial charge in [-0.2, -0.15) is 0 Å². The van der Waals surface area contributed by atoms with Crippen LogP contribution in [0, 0.1) is 0 Å². The molecule has 0 radical (unpaired) electrons. The largest absolute Gasteiger partial charge is 0.309 e. The van der Waals surface area contributed by atoms with Crippen LogP contribution in [0.25, 0.3) is 109 Å². The lowest BCUT2D eigenvalue weighted by molar-refractivity contribution is 0.660. The van der Waals surface area contributed by atoms with E-state index in [2.05, 4.69) is 219 Å². The number of fused-ring (bicyclic) bond motifs is 16.